The number of nitrogens with one attached hydrogen (secondary N) is 1. The van der Waals surface area contributed by atoms with Crippen molar-refractivity contribution >= 4 is 9.84 Å². The summed E-state index contributed by atoms with van der Waals surface area (Å²) in [6.45, 7) is 11.2. The maximum absolute atomic E-state index is 11.9. The van der Waals surface area contributed by atoms with E-state index in [-0.39, 0.29) is 0 Å². The third-order valence-electron chi connectivity index (χ3n) is 4.01. The topological polar surface area (TPSA) is 49.4 Å². The fraction of sp³-hybridized carbons (Fsp3) is 1.00. The van der Waals surface area contributed by atoms with Crippen LogP contribution in [0.3, 0.4) is 0 Å². The van der Waals surface area contributed by atoms with E-state index in [0.29, 0.717) is 36.1 Å². The minimum Gasteiger partial charge on any atom is -0.311 e. The van der Waals surface area contributed by atoms with Crippen molar-refractivity contribution in [2.75, 3.05) is 31.1 Å². The van der Waals surface area contributed by atoms with Gasteiger partial charge in [-0.05, 0) is 18.8 Å². The summed E-state index contributed by atoms with van der Waals surface area (Å²) < 4.78 is 23.7. The Morgan fingerprint density at radius 3 is 2.47 bits per heavy atom. The van der Waals surface area contributed by atoms with Crippen molar-refractivity contribution < 1.29 is 8.42 Å². The summed E-state index contributed by atoms with van der Waals surface area (Å²) in [5.74, 6) is 1.18. The monoisotopic (exact) mass is 290 g/mol. The first-order valence-electron chi connectivity index (χ1n) is 7.57. The molecule has 1 aliphatic heterocycles. The molecule has 0 amide bonds. The van der Waals surface area contributed by atoms with Gasteiger partial charge < -0.3 is 5.32 Å². The Labute approximate surface area is 118 Å². The van der Waals surface area contributed by atoms with Crippen LogP contribution in [0.4, 0.5) is 0 Å². The first-order chi connectivity index (χ1) is 8.89. The largest absolute Gasteiger partial charge is 0.311 e. The van der Waals surface area contributed by atoms with Crippen LogP contribution < -0.4 is 5.32 Å². The van der Waals surface area contributed by atoms with Crippen LogP contribution >= 0.6 is 0 Å². The molecule has 5 heteroatoms. The molecule has 2 unspecified atom stereocenters. The summed E-state index contributed by atoms with van der Waals surface area (Å²) in [4.78, 5) is 2.38. The maximum atomic E-state index is 11.9. The van der Waals surface area contributed by atoms with Gasteiger partial charge in [-0.2, -0.15) is 0 Å². The third kappa shape index (κ3) is 5.40. The predicted octanol–water partition coefficient (Wildman–Crippen LogP) is 1.52. The van der Waals surface area contributed by atoms with Gasteiger partial charge in [-0.1, -0.05) is 27.7 Å². The van der Waals surface area contributed by atoms with E-state index in [1.165, 1.54) is 0 Å². The fourth-order valence-electron chi connectivity index (χ4n) is 2.76. The Kier molecular flexibility index (Phi) is 6.77. The molecule has 0 aromatic rings. The fourth-order valence-corrected chi connectivity index (χ4v) is 4.10. The van der Waals surface area contributed by atoms with Crippen molar-refractivity contribution in [3.8, 4) is 0 Å². The van der Waals surface area contributed by atoms with Crippen LogP contribution in [0.5, 0.6) is 0 Å². The minimum atomic E-state index is -2.87. The summed E-state index contributed by atoms with van der Waals surface area (Å²) in [5, 5.41) is 3.56. The Bertz CT molecular complexity index is 354. The molecule has 0 aromatic carbocycles. The van der Waals surface area contributed by atoms with Crippen molar-refractivity contribution in [3.63, 3.8) is 0 Å². The van der Waals surface area contributed by atoms with Crippen LogP contribution in [-0.2, 0) is 9.84 Å². The highest BCUT2D eigenvalue weighted by atomic mass is 32.2. The van der Waals surface area contributed by atoms with Gasteiger partial charge in [-0.25, -0.2) is 8.42 Å². The lowest BCUT2D eigenvalue weighted by atomic mass is 9.98. The van der Waals surface area contributed by atoms with Crippen LogP contribution in [0, 0.1) is 5.92 Å². The lowest BCUT2D eigenvalue weighted by Gasteiger charge is -2.42. The molecule has 4 nitrogen and oxygen atoms in total. The van der Waals surface area contributed by atoms with E-state index in [1.807, 2.05) is 6.92 Å². The van der Waals surface area contributed by atoms with Crippen molar-refractivity contribution in [1.29, 1.82) is 0 Å². The number of sulfone groups is 1. The molecule has 1 fully saturated rings. The van der Waals surface area contributed by atoms with Gasteiger partial charge >= 0.3 is 0 Å². The number of hydrogen-bond donors (Lipinski definition) is 1. The molecule has 114 valence electrons. The summed E-state index contributed by atoms with van der Waals surface area (Å²) in [7, 11) is -2.87. The molecule has 2 atom stereocenters. The normalized spacial score (nSPS) is 25.9. The second-order valence-electron chi connectivity index (χ2n) is 5.97. The van der Waals surface area contributed by atoms with E-state index < -0.39 is 9.84 Å². The van der Waals surface area contributed by atoms with E-state index in [4.69, 9.17) is 0 Å². The molecule has 0 radical (unpaired) electrons. The average molecular weight is 290 g/mol. The molecular formula is C14H30N2O2S. The van der Waals surface area contributed by atoms with Crippen molar-refractivity contribution in [2.24, 2.45) is 5.92 Å². The van der Waals surface area contributed by atoms with Gasteiger partial charge in [-0.15, -0.1) is 0 Å². The molecule has 0 aliphatic carbocycles. The SMILES string of the molecule is CCCS(=O)(=O)CCN1CC(CC)NCC1C(C)C. The smallest absolute Gasteiger partial charge is 0.151 e. The molecule has 0 bridgehead atoms. The van der Waals surface area contributed by atoms with Crippen LogP contribution in [0.2, 0.25) is 0 Å². The highest BCUT2D eigenvalue weighted by Gasteiger charge is 2.29. The zero-order valence-corrected chi connectivity index (χ0v) is 13.7. The van der Waals surface area contributed by atoms with Crippen LogP contribution in [0.1, 0.15) is 40.5 Å². The second-order valence-corrected chi connectivity index (χ2v) is 8.28. The Morgan fingerprint density at radius 1 is 1.26 bits per heavy atom. The number of piperazine rings is 1. The second kappa shape index (κ2) is 7.60. The van der Waals surface area contributed by atoms with E-state index >= 15 is 0 Å². The molecular weight excluding hydrogens is 260 g/mol. The van der Waals surface area contributed by atoms with Gasteiger partial charge in [0.2, 0.25) is 0 Å². The van der Waals surface area contributed by atoms with Gasteiger partial charge in [0.25, 0.3) is 0 Å². The summed E-state index contributed by atoms with van der Waals surface area (Å²) in [6, 6.07) is 0.962. The molecule has 0 spiro atoms. The first-order valence-corrected chi connectivity index (χ1v) is 9.39. The van der Waals surface area contributed by atoms with Crippen molar-refractivity contribution in [3.05, 3.63) is 0 Å². The van der Waals surface area contributed by atoms with Gasteiger partial charge in [-0.3, -0.25) is 4.90 Å². The van der Waals surface area contributed by atoms with E-state index in [1.54, 1.807) is 0 Å². The molecule has 1 N–H and O–H groups in total. The molecule has 1 aliphatic rings. The van der Waals surface area contributed by atoms with E-state index in [9.17, 15) is 8.42 Å². The number of nitrogens with zero attached hydrogens (tertiary/aromatic N) is 1. The van der Waals surface area contributed by atoms with Gasteiger partial charge in [0, 0.05) is 37.5 Å². The van der Waals surface area contributed by atoms with Crippen LogP contribution in [0.15, 0.2) is 0 Å². The Morgan fingerprint density at radius 2 is 1.95 bits per heavy atom. The Hall–Kier alpha value is -0.130. The maximum Gasteiger partial charge on any atom is 0.151 e. The molecule has 1 rings (SSSR count). The minimum absolute atomic E-state index is 0.306. The predicted molar refractivity (Wildman–Crippen MR) is 81.2 cm³/mol. The molecule has 0 saturated carbocycles. The van der Waals surface area contributed by atoms with Crippen LogP contribution in [0.25, 0.3) is 0 Å². The van der Waals surface area contributed by atoms with Crippen molar-refractivity contribution in [1.82, 2.24) is 10.2 Å². The van der Waals surface area contributed by atoms with Crippen molar-refractivity contribution in [2.45, 2.75) is 52.6 Å². The first kappa shape index (κ1) is 16.9. The van der Waals surface area contributed by atoms with E-state index in [2.05, 4.69) is 31.0 Å². The highest BCUT2D eigenvalue weighted by Crippen LogP contribution is 2.16. The van der Waals surface area contributed by atoms with Crippen LogP contribution in [-0.4, -0.2) is 56.5 Å². The highest BCUT2D eigenvalue weighted by molar-refractivity contribution is 7.91. The standard InChI is InChI=1S/C14H30N2O2S/c1-5-8-19(17,18)9-7-16-11-13(6-2)15-10-14(16)12(3)4/h12-15H,5-11H2,1-4H3. The quantitative estimate of drug-likeness (QED) is 0.772. The van der Waals surface area contributed by atoms with Gasteiger partial charge in [0.15, 0.2) is 9.84 Å². The molecule has 0 aromatic heterocycles. The Balaban J connectivity index is 2.60. The molecule has 1 saturated heterocycles. The lowest BCUT2D eigenvalue weighted by Crippen LogP contribution is -2.58. The number of hydrogen-bond acceptors (Lipinski definition) is 4. The summed E-state index contributed by atoms with van der Waals surface area (Å²) >= 11 is 0. The third-order valence-corrected chi connectivity index (χ3v) is 5.84. The zero-order valence-electron chi connectivity index (χ0n) is 12.9. The average Bonchev–Trinajstić information content (AvgIpc) is 2.35. The van der Waals surface area contributed by atoms with E-state index in [0.717, 1.165) is 25.9 Å². The summed E-state index contributed by atoms with van der Waals surface area (Å²) in [5.41, 5.74) is 0. The van der Waals surface area contributed by atoms with Gasteiger partial charge in [0.1, 0.15) is 0 Å². The van der Waals surface area contributed by atoms with Gasteiger partial charge in [0.05, 0.1) is 5.75 Å². The lowest BCUT2D eigenvalue weighted by molar-refractivity contribution is 0.104. The molecule has 19 heavy (non-hydrogen) atoms. The number of rotatable bonds is 7. The summed E-state index contributed by atoms with van der Waals surface area (Å²) in [6.07, 6.45) is 1.82. The zero-order chi connectivity index (χ0) is 14.5. The molecule has 1 heterocycles.